The van der Waals surface area contributed by atoms with Crippen molar-refractivity contribution >= 4 is 11.6 Å². The standard InChI is InChI=1S/C14H20ClN/c1-14(2)8-9-16(3)13(10-14)11-6-4-5-7-12(11)15/h4-7,13H,8-10H2,1-3H3. The second-order valence-electron chi connectivity index (χ2n) is 5.64. The molecule has 0 bridgehead atoms. The lowest BCUT2D eigenvalue weighted by Gasteiger charge is -2.42. The van der Waals surface area contributed by atoms with Crippen LogP contribution in [0.4, 0.5) is 0 Å². The fourth-order valence-corrected chi connectivity index (χ4v) is 2.77. The molecule has 16 heavy (non-hydrogen) atoms. The van der Waals surface area contributed by atoms with Gasteiger partial charge in [0.2, 0.25) is 0 Å². The molecule has 0 spiro atoms. The summed E-state index contributed by atoms with van der Waals surface area (Å²) in [6.07, 6.45) is 2.46. The SMILES string of the molecule is CN1CCC(C)(C)CC1c1ccccc1Cl. The lowest BCUT2D eigenvalue weighted by Crippen LogP contribution is -2.37. The van der Waals surface area contributed by atoms with Crippen molar-refractivity contribution in [2.45, 2.75) is 32.7 Å². The lowest BCUT2D eigenvalue weighted by molar-refractivity contribution is 0.0928. The van der Waals surface area contributed by atoms with Crippen molar-refractivity contribution in [1.29, 1.82) is 0 Å². The minimum absolute atomic E-state index is 0.427. The van der Waals surface area contributed by atoms with Gasteiger partial charge in [-0.2, -0.15) is 0 Å². The number of hydrogen-bond acceptors (Lipinski definition) is 1. The molecular formula is C14H20ClN. The molecule has 2 heteroatoms. The minimum Gasteiger partial charge on any atom is -0.299 e. The molecule has 88 valence electrons. The van der Waals surface area contributed by atoms with Crippen LogP contribution in [-0.2, 0) is 0 Å². The molecule has 1 heterocycles. The number of piperidine rings is 1. The van der Waals surface area contributed by atoms with Crippen LogP contribution in [-0.4, -0.2) is 18.5 Å². The molecule has 1 fully saturated rings. The van der Waals surface area contributed by atoms with E-state index >= 15 is 0 Å². The second kappa shape index (κ2) is 4.38. The van der Waals surface area contributed by atoms with Crippen LogP contribution in [0.25, 0.3) is 0 Å². The Labute approximate surface area is 103 Å². The summed E-state index contributed by atoms with van der Waals surface area (Å²) in [5.74, 6) is 0. The van der Waals surface area contributed by atoms with E-state index < -0.39 is 0 Å². The number of nitrogens with zero attached hydrogens (tertiary/aromatic N) is 1. The maximum Gasteiger partial charge on any atom is 0.0453 e. The third kappa shape index (κ3) is 2.41. The highest BCUT2D eigenvalue weighted by Gasteiger charge is 2.32. The van der Waals surface area contributed by atoms with Crippen molar-refractivity contribution < 1.29 is 0 Å². The van der Waals surface area contributed by atoms with E-state index in [9.17, 15) is 0 Å². The molecule has 1 aromatic carbocycles. The number of halogens is 1. The van der Waals surface area contributed by atoms with Gasteiger partial charge in [0, 0.05) is 11.1 Å². The number of rotatable bonds is 1. The van der Waals surface area contributed by atoms with Crippen molar-refractivity contribution in [3.63, 3.8) is 0 Å². The molecule has 2 rings (SSSR count). The van der Waals surface area contributed by atoms with Gasteiger partial charge in [0.15, 0.2) is 0 Å². The van der Waals surface area contributed by atoms with Crippen molar-refractivity contribution in [3.05, 3.63) is 34.9 Å². The zero-order valence-corrected chi connectivity index (χ0v) is 11.1. The largest absolute Gasteiger partial charge is 0.299 e. The first-order valence-corrected chi connectivity index (χ1v) is 6.32. The first-order chi connectivity index (χ1) is 7.49. The fourth-order valence-electron chi connectivity index (χ4n) is 2.51. The van der Waals surface area contributed by atoms with Gasteiger partial charge in [0.25, 0.3) is 0 Å². The van der Waals surface area contributed by atoms with E-state index in [2.05, 4.69) is 37.9 Å². The molecule has 1 aromatic rings. The van der Waals surface area contributed by atoms with Gasteiger partial charge < -0.3 is 0 Å². The molecule has 0 N–H and O–H groups in total. The Morgan fingerprint density at radius 1 is 1.31 bits per heavy atom. The van der Waals surface area contributed by atoms with E-state index in [-0.39, 0.29) is 0 Å². The Morgan fingerprint density at radius 2 is 2.00 bits per heavy atom. The van der Waals surface area contributed by atoms with Crippen LogP contribution in [0.3, 0.4) is 0 Å². The van der Waals surface area contributed by atoms with Gasteiger partial charge in [-0.05, 0) is 43.5 Å². The number of benzene rings is 1. The molecular weight excluding hydrogens is 218 g/mol. The smallest absolute Gasteiger partial charge is 0.0453 e. The van der Waals surface area contributed by atoms with Gasteiger partial charge in [-0.3, -0.25) is 4.90 Å². The predicted octanol–water partition coefficient (Wildman–Crippen LogP) is 4.13. The van der Waals surface area contributed by atoms with Gasteiger partial charge in [-0.25, -0.2) is 0 Å². The van der Waals surface area contributed by atoms with Crippen molar-refractivity contribution in [2.75, 3.05) is 13.6 Å². The van der Waals surface area contributed by atoms with Crippen LogP contribution in [0.1, 0.15) is 38.3 Å². The molecule has 0 radical (unpaired) electrons. The Balaban J connectivity index is 2.28. The van der Waals surface area contributed by atoms with Gasteiger partial charge >= 0.3 is 0 Å². The summed E-state index contributed by atoms with van der Waals surface area (Å²) in [5.41, 5.74) is 1.70. The summed E-state index contributed by atoms with van der Waals surface area (Å²) in [4.78, 5) is 2.42. The summed E-state index contributed by atoms with van der Waals surface area (Å²) in [7, 11) is 2.20. The minimum atomic E-state index is 0.427. The summed E-state index contributed by atoms with van der Waals surface area (Å²) in [6, 6.07) is 8.70. The highest BCUT2D eigenvalue weighted by molar-refractivity contribution is 6.31. The Bertz CT molecular complexity index is 373. The quantitative estimate of drug-likeness (QED) is 0.710. The van der Waals surface area contributed by atoms with E-state index in [1.165, 1.54) is 18.4 Å². The normalized spacial score (nSPS) is 25.6. The molecule has 0 aromatic heterocycles. The highest BCUT2D eigenvalue weighted by Crippen LogP contribution is 2.42. The summed E-state index contributed by atoms with van der Waals surface area (Å²) >= 11 is 6.29. The summed E-state index contributed by atoms with van der Waals surface area (Å²) < 4.78 is 0. The Kier molecular flexibility index (Phi) is 3.27. The summed E-state index contributed by atoms with van der Waals surface area (Å²) in [5, 5.41) is 0.900. The monoisotopic (exact) mass is 237 g/mol. The maximum absolute atomic E-state index is 6.29. The van der Waals surface area contributed by atoms with Crippen LogP contribution in [0, 0.1) is 5.41 Å². The van der Waals surface area contributed by atoms with Crippen LogP contribution >= 0.6 is 11.6 Å². The first-order valence-electron chi connectivity index (χ1n) is 5.94. The van der Waals surface area contributed by atoms with Crippen LogP contribution in [0.2, 0.25) is 5.02 Å². The molecule has 1 saturated heterocycles. The van der Waals surface area contributed by atoms with E-state index in [0.717, 1.165) is 11.6 Å². The molecule has 1 atom stereocenters. The molecule has 0 saturated carbocycles. The molecule has 1 aliphatic heterocycles. The Hall–Kier alpha value is -0.530. The number of hydrogen-bond donors (Lipinski definition) is 0. The predicted molar refractivity (Wildman–Crippen MR) is 69.8 cm³/mol. The maximum atomic E-state index is 6.29. The van der Waals surface area contributed by atoms with Crippen LogP contribution in [0.15, 0.2) is 24.3 Å². The molecule has 1 aliphatic rings. The van der Waals surface area contributed by atoms with Gasteiger partial charge in [0.05, 0.1) is 0 Å². The lowest BCUT2D eigenvalue weighted by atomic mass is 9.77. The fraction of sp³-hybridized carbons (Fsp3) is 0.571. The van der Waals surface area contributed by atoms with Crippen LogP contribution < -0.4 is 0 Å². The first kappa shape index (κ1) is 11.9. The zero-order valence-electron chi connectivity index (χ0n) is 10.3. The third-order valence-electron chi connectivity index (χ3n) is 3.68. The van der Waals surface area contributed by atoms with E-state index in [4.69, 9.17) is 11.6 Å². The summed E-state index contributed by atoms with van der Waals surface area (Å²) in [6.45, 7) is 5.86. The Morgan fingerprint density at radius 3 is 2.69 bits per heavy atom. The van der Waals surface area contributed by atoms with Crippen molar-refractivity contribution in [2.24, 2.45) is 5.41 Å². The van der Waals surface area contributed by atoms with Crippen LogP contribution in [0.5, 0.6) is 0 Å². The van der Waals surface area contributed by atoms with Crippen molar-refractivity contribution in [1.82, 2.24) is 4.90 Å². The zero-order chi connectivity index (χ0) is 11.8. The second-order valence-corrected chi connectivity index (χ2v) is 6.04. The van der Waals surface area contributed by atoms with E-state index in [1.807, 2.05) is 12.1 Å². The van der Waals surface area contributed by atoms with Gasteiger partial charge in [-0.1, -0.05) is 43.6 Å². The average Bonchev–Trinajstić information content (AvgIpc) is 2.23. The third-order valence-corrected chi connectivity index (χ3v) is 4.03. The highest BCUT2D eigenvalue weighted by atomic mass is 35.5. The van der Waals surface area contributed by atoms with E-state index in [1.54, 1.807) is 0 Å². The number of likely N-dealkylation sites (tertiary alicyclic amines) is 1. The van der Waals surface area contributed by atoms with E-state index in [0.29, 0.717) is 11.5 Å². The van der Waals surface area contributed by atoms with Gasteiger partial charge in [0.1, 0.15) is 0 Å². The molecule has 0 aliphatic carbocycles. The topological polar surface area (TPSA) is 3.24 Å². The molecule has 1 unspecified atom stereocenters. The van der Waals surface area contributed by atoms with Crippen molar-refractivity contribution in [3.8, 4) is 0 Å². The average molecular weight is 238 g/mol. The molecule has 1 nitrogen and oxygen atoms in total. The van der Waals surface area contributed by atoms with Gasteiger partial charge in [-0.15, -0.1) is 0 Å². The molecule has 0 amide bonds.